The van der Waals surface area contributed by atoms with Crippen molar-refractivity contribution in [3.05, 3.63) is 49.3 Å². The van der Waals surface area contributed by atoms with Crippen LogP contribution in [-0.4, -0.2) is 10.1 Å². The first-order valence-electron chi connectivity index (χ1n) is 4.67. The van der Waals surface area contributed by atoms with Gasteiger partial charge in [-0.25, -0.2) is 0 Å². The fraction of sp³-hybridized carbons (Fsp3) is 0.182. The first-order valence-corrected chi connectivity index (χ1v) is 7.14. The summed E-state index contributed by atoms with van der Waals surface area (Å²) >= 11 is 8.34. The van der Waals surface area contributed by atoms with Crippen molar-refractivity contribution in [2.75, 3.05) is 0 Å². The van der Waals surface area contributed by atoms with Crippen LogP contribution in [0.2, 0.25) is 0 Å². The Morgan fingerprint density at radius 3 is 2.69 bits per heavy atom. The maximum absolute atomic E-state index is 9.99. The minimum atomic E-state index is -0.543. The van der Waals surface area contributed by atoms with E-state index in [1.165, 1.54) is 0 Å². The number of nitrogens with zero attached hydrogens (tertiary/aromatic N) is 1. The molecule has 16 heavy (non-hydrogen) atoms. The normalized spacial score (nSPS) is 12.7. The molecule has 0 aliphatic carbocycles. The minimum Gasteiger partial charge on any atom is -0.386 e. The lowest BCUT2D eigenvalue weighted by Crippen LogP contribution is -2.02. The number of rotatable bonds is 3. The Morgan fingerprint density at radius 1 is 1.31 bits per heavy atom. The molecule has 1 unspecified atom stereocenters. The van der Waals surface area contributed by atoms with Crippen molar-refractivity contribution < 1.29 is 5.11 Å². The van der Waals surface area contributed by atoms with Crippen molar-refractivity contribution in [2.24, 2.45) is 0 Å². The molecule has 2 heterocycles. The van der Waals surface area contributed by atoms with Crippen molar-refractivity contribution in [2.45, 2.75) is 12.5 Å². The number of aromatic nitrogens is 1. The molecule has 1 atom stereocenters. The van der Waals surface area contributed by atoms with Gasteiger partial charge in [0, 0.05) is 31.8 Å². The molecule has 2 rings (SSSR count). The van der Waals surface area contributed by atoms with E-state index >= 15 is 0 Å². The zero-order valence-corrected chi connectivity index (χ0v) is 12.2. The molecule has 0 amide bonds. The summed E-state index contributed by atoms with van der Waals surface area (Å²) in [7, 11) is 0. The number of thiophene rings is 1. The minimum absolute atomic E-state index is 0.543. The molecule has 0 aromatic carbocycles. The fourth-order valence-electron chi connectivity index (χ4n) is 1.34. The summed E-state index contributed by atoms with van der Waals surface area (Å²) in [5, 5.41) is 12.0. The second-order valence-electron chi connectivity index (χ2n) is 3.35. The van der Waals surface area contributed by atoms with Crippen LogP contribution in [-0.2, 0) is 6.42 Å². The monoisotopic (exact) mass is 361 g/mol. The van der Waals surface area contributed by atoms with Crippen molar-refractivity contribution in [1.82, 2.24) is 4.98 Å². The van der Waals surface area contributed by atoms with Crippen molar-refractivity contribution in [3.8, 4) is 0 Å². The first kappa shape index (κ1) is 12.2. The standard InChI is InChI=1S/C11H9Br2NOS/c12-7-1-2-10(14-5-7)11(15)4-9-3-8(13)6-16-9/h1-3,5-6,11,15H,4H2. The van der Waals surface area contributed by atoms with Crippen molar-refractivity contribution in [3.63, 3.8) is 0 Å². The summed E-state index contributed by atoms with van der Waals surface area (Å²) in [6.07, 6.45) is 1.76. The third kappa shape index (κ3) is 3.13. The van der Waals surface area contributed by atoms with Gasteiger partial charge in [-0.2, -0.15) is 0 Å². The second-order valence-corrected chi connectivity index (χ2v) is 6.18. The SMILES string of the molecule is OC(Cc1cc(Br)cs1)c1ccc(Br)cn1. The molecule has 0 saturated carbocycles. The van der Waals surface area contributed by atoms with E-state index in [0.717, 1.165) is 13.8 Å². The maximum Gasteiger partial charge on any atom is 0.101 e. The van der Waals surface area contributed by atoms with Crippen molar-refractivity contribution in [1.29, 1.82) is 0 Å². The summed E-state index contributed by atoms with van der Waals surface area (Å²) in [5.74, 6) is 0. The van der Waals surface area contributed by atoms with E-state index in [9.17, 15) is 5.11 Å². The molecule has 0 aliphatic rings. The molecule has 0 spiro atoms. The van der Waals surface area contributed by atoms with E-state index in [0.29, 0.717) is 12.1 Å². The highest BCUT2D eigenvalue weighted by Gasteiger charge is 2.11. The van der Waals surface area contributed by atoms with Crippen LogP contribution in [0.15, 0.2) is 38.7 Å². The summed E-state index contributed by atoms with van der Waals surface area (Å²) < 4.78 is 1.98. The molecule has 1 N–H and O–H groups in total. The van der Waals surface area contributed by atoms with Gasteiger partial charge in [0.15, 0.2) is 0 Å². The van der Waals surface area contributed by atoms with Crippen LogP contribution in [0.4, 0.5) is 0 Å². The molecule has 2 nitrogen and oxygen atoms in total. The molecule has 0 fully saturated rings. The summed E-state index contributed by atoms with van der Waals surface area (Å²) in [6, 6.07) is 5.74. The maximum atomic E-state index is 9.99. The number of pyridine rings is 1. The Balaban J connectivity index is 2.08. The van der Waals surface area contributed by atoms with Crippen LogP contribution in [0.25, 0.3) is 0 Å². The fourth-order valence-corrected chi connectivity index (χ4v) is 3.06. The predicted molar refractivity (Wildman–Crippen MR) is 72.6 cm³/mol. The largest absolute Gasteiger partial charge is 0.386 e. The Bertz CT molecular complexity index is 469. The average molecular weight is 363 g/mol. The third-order valence-electron chi connectivity index (χ3n) is 2.11. The Hall–Kier alpha value is -0.230. The summed E-state index contributed by atoms with van der Waals surface area (Å²) in [4.78, 5) is 5.32. The summed E-state index contributed by atoms with van der Waals surface area (Å²) in [5.41, 5.74) is 0.702. The molecule has 0 bridgehead atoms. The van der Waals surface area contributed by atoms with E-state index < -0.39 is 6.10 Å². The topological polar surface area (TPSA) is 33.1 Å². The zero-order chi connectivity index (χ0) is 11.5. The van der Waals surface area contributed by atoms with E-state index in [2.05, 4.69) is 36.8 Å². The van der Waals surface area contributed by atoms with E-state index in [4.69, 9.17) is 0 Å². The van der Waals surface area contributed by atoms with Gasteiger partial charge < -0.3 is 5.11 Å². The molecule has 5 heteroatoms. The van der Waals surface area contributed by atoms with Crippen LogP contribution in [0, 0.1) is 0 Å². The highest BCUT2D eigenvalue weighted by molar-refractivity contribution is 9.10. The quantitative estimate of drug-likeness (QED) is 0.896. The smallest absolute Gasteiger partial charge is 0.101 e. The zero-order valence-electron chi connectivity index (χ0n) is 8.23. The third-order valence-corrected chi connectivity index (χ3v) is 4.30. The number of aliphatic hydroxyl groups is 1. The number of hydrogen-bond donors (Lipinski definition) is 1. The lowest BCUT2D eigenvalue weighted by molar-refractivity contribution is 0.174. The number of halogens is 2. The predicted octanol–water partition coefficient (Wildman–Crippen LogP) is 3.94. The van der Waals surface area contributed by atoms with Crippen LogP contribution in [0.3, 0.4) is 0 Å². The molecule has 2 aromatic rings. The van der Waals surface area contributed by atoms with Crippen LogP contribution in [0.1, 0.15) is 16.7 Å². The van der Waals surface area contributed by atoms with Gasteiger partial charge in [0.25, 0.3) is 0 Å². The molecule has 0 saturated heterocycles. The summed E-state index contributed by atoms with van der Waals surface area (Å²) in [6.45, 7) is 0. The van der Waals surface area contributed by atoms with Crippen LogP contribution in [0.5, 0.6) is 0 Å². The number of aliphatic hydroxyl groups excluding tert-OH is 1. The molecule has 84 valence electrons. The Labute approximate surface area is 115 Å². The van der Waals surface area contributed by atoms with E-state index in [1.54, 1.807) is 17.5 Å². The highest BCUT2D eigenvalue weighted by atomic mass is 79.9. The van der Waals surface area contributed by atoms with Gasteiger partial charge in [0.2, 0.25) is 0 Å². The molecule has 2 aromatic heterocycles. The molecule has 0 radical (unpaired) electrons. The van der Waals surface area contributed by atoms with Crippen LogP contribution >= 0.6 is 43.2 Å². The molecule has 0 aliphatic heterocycles. The van der Waals surface area contributed by atoms with Gasteiger partial charge in [-0.05, 0) is 50.1 Å². The number of hydrogen-bond acceptors (Lipinski definition) is 3. The van der Waals surface area contributed by atoms with E-state index in [-0.39, 0.29) is 0 Å². The van der Waals surface area contributed by atoms with E-state index in [1.807, 2.05) is 23.6 Å². The van der Waals surface area contributed by atoms with Gasteiger partial charge in [-0.1, -0.05) is 0 Å². The van der Waals surface area contributed by atoms with Gasteiger partial charge in [0.05, 0.1) is 5.69 Å². The second kappa shape index (κ2) is 5.40. The molecular formula is C11H9Br2NOS. The highest BCUT2D eigenvalue weighted by Crippen LogP contribution is 2.25. The lowest BCUT2D eigenvalue weighted by atomic mass is 10.1. The Morgan fingerprint density at radius 2 is 2.12 bits per heavy atom. The lowest BCUT2D eigenvalue weighted by Gasteiger charge is -2.08. The molecular weight excluding hydrogens is 354 g/mol. The Kier molecular flexibility index (Phi) is 4.13. The average Bonchev–Trinajstić information content (AvgIpc) is 2.65. The van der Waals surface area contributed by atoms with Crippen LogP contribution < -0.4 is 0 Å². The van der Waals surface area contributed by atoms with Gasteiger partial charge in [-0.3, -0.25) is 4.98 Å². The first-order chi connectivity index (χ1) is 7.65. The van der Waals surface area contributed by atoms with Crippen molar-refractivity contribution >= 4 is 43.2 Å². The van der Waals surface area contributed by atoms with Gasteiger partial charge in [0.1, 0.15) is 6.10 Å². The van der Waals surface area contributed by atoms with Gasteiger partial charge >= 0.3 is 0 Å². The van der Waals surface area contributed by atoms with Gasteiger partial charge in [-0.15, -0.1) is 11.3 Å².